The van der Waals surface area contributed by atoms with Crippen LogP contribution in [0.2, 0.25) is 0 Å². The summed E-state index contributed by atoms with van der Waals surface area (Å²) in [6.45, 7) is 1.65. The minimum absolute atomic E-state index is 0.0924. The van der Waals surface area contributed by atoms with Crippen LogP contribution in [0, 0.1) is 6.92 Å². The van der Waals surface area contributed by atoms with Crippen molar-refractivity contribution in [3.8, 4) is 0 Å². The van der Waals surface area contributed by atoms with Crippen LogP contribution in [-0.2, 0) is 10.5 Å². The highest BCUT2D eigenvalue weighted by atomic mass is 32.2. The fourth-order valence-corrected chi connectivity index (χ4v) is 2.80. The Kier molecular flexibility index (Phi) is 5.61. The molecule has 0 aliphatic carbocycles. The van der Waals surface area contributed by atoms with E-state index in [2.05, 4.69) is 5.32 Å². The van der Waals surface area contributed by atoms with E-state index in [1.165, 1.54) is 17.8 Å². The van der Waals surface area contributed by atoms with Gasteiger partial charge in [-0.3, -0.25) is 4.79 Å². The van der Waals surface area contributed by atoms with Crippen molar-refractivity contribution in [2.45, 2.75) is 12.7 Å². The van der Waals surface area contributed by atoms with E-state index in [1.807, 2.05) is 30.3 Å². The SMILES string of the molecule is Cc1c(NC(=O)CSCc2ccccc2)cccc1C(=O)[O-]. The highest BCUT2D eigenvalue weighted by molar-refractivity contribution is 7.99. The van der Waals surface area contributed by atoms with E-state index in [1.54, 1.807) is 19.1 Å². The molecule has 2 aromatic carbocycles. The van der Waals surface area contributed by atoms with Gasteiger partial charge in [-0.25, -0.2) is 0 Å². The summed E-state index contributed by atoms with van der Waals surface area (Å²) in [6, 6.07) is 14.6. The second kappa shape index (κ2) is 7.66. The molecule has 0 radical (unpaired) electrons. The highest BCUT2D eigenvalue weighted by Gasteiger charge is 2.08. The Hall–Kier alpha value is -2.27. The number of carbonyl (C=O) groups is 2. The third-order valence-corrected chi connectivity index (χ3v) is 4.18. The zero-order valence-corrected chi connectivity index (χ0v) is 13.0. The zero-order valence-electron chi connectivity index (χ0n) is 12.2. The van der Waals surface area contributed by atoms with Gasteiger partial charge in [0.1, 0.15) is 0 Å². The van der Waals surface area contributed by atoms with E-state index < -0.39 is 5.97 Å². The molecule has 22 heavy (non-hydrogen) atoms. The van der Waals surface area contributed by atoms with Crippen LogP contribution in [0.4, 0.5) is 5.69 Å². The molecule has 0 saturated heterocycles. The van der Waals surface area contributed by atoms with Crippen molar-refractivity contribution in [2.75, 3.05) is 11.1 Å². The number of hydrogen-bond acceptors (Lipinski definition) is 4. The highest BCUT2D eigenvalue weighted by Crippen LogP contribution is 2.19. The lowest BCUT2D eigenvalue weighted by molar-refractivity contribution is -0.255. The van der Waals surface area contributed by atoms with Gasteiger partial charge in [0.05, 0.1) is 11.7 Å². The number of rotatable bonds is 6. The standard InChI is InChI=1S/C17H17NO3S/c1-12-14(17(20)21)8-5-9-15(12)18-16(19)11-22-10-13-6-3-2-4-7-13/h2-9H,10-11H2,1H3,(H,18,19)(H,20,21)/p-1. The molecule has 2 rings (SSSR count). The first-order valence-corrected chi connectivity index (χ1v) is 7.96. The third kappa shape index (κ3) is 4.36. The van der Waals surface area contributed by atoms with Gasteiger partial charge < -0.3 is 15.2 Å². The number of benzene rings is 2. The molecule has 0 heterocycles. The van der Waals surface area contributed by atoms with Crippen LogP contribution >= 0.6 is 11.8 Å². The predicted octanol–water partition coefficient (Wildman–Crippen LogP) is 2.23. The number of carboxylic acids is 1. The maximum atomic E-state index is 11.9. The quantitative estimate of drug-likeness (QED) is 0.888. The Morgan fingerprint density at radius 2 is 1.82 bits per heavy atom. The number of nitrogens with one attached hydrogen (secondary N) is 1. The van der Waals surface area contributed by atoms with Gasteiger partial charge in [-0.15, -0.1) is 11.8 Å². The molecule has 0 fully saturated rings. The molecule has 5 heteroatoms. The summed E-state index contributed by atoms with van der Waals surface area (Å²) >= 11 is 1.51. The summed E-state index contributed by atoms with van der Waals surface area (Å²) < 4.78 is 0. The van der Waals surface area contributed by atoms with Gasteiger partial charge in [-0.05, 0) is 24.1 Å². The second-order valence-electron chi connectivity index (χ2n) is 4.79. The summed E-state index contributed by atoms with van der Waals surface area (Å²) in [6.07, 6.45) is 0. The molecule has 0 bridgehead atoms. The van der Waals surface area contributed by atoms with Gasteiger partial charge in [0, 0.05) is 17.0 Å². The molecule has 1 amide bonds. The van der Waals surface area contributed by atoms with E-state index in [-0.39, 0.29) is 11.5 Å². The average molecular weight is 314 g/mol. The van der Waals surface area contributed by atoms with Crippen LogP contribution in [0.3, 0.4) is 0 Å². The molecule has 0 aromatic heterocycles. The van der Waals surface area contributed by atoms with Crippen molar-refractivity contribution in [1.82, 2.24) is 0 Å². The summed E-state index contributed by atoms with van der Waals surface area (Å²) in [7, 11) is 0. The van der Waals surface area contributed by atoms with Gasteiger partial charge in [0.25, 0.3) is 0 Å². The first-order chi connectivity index (χ1) is 10.6. The fraction of sp³-hybridized carbons (Fsp3) is 0.176. The first kappa shape index (κ1) is 16.1. The van der Waals surface area contributed by atoms with Gasteiger partial charge in [-0.1, -0.05) is 42.5 Å². The molecule has 0 spiro atoms. The Morgan fingerprint density at radius 3 is 2.50 bits per heavy atom. The lowest BCUT2D eigenvalue weighted by atomic mass is 10.1. The Morgan fingerprint density at radius 1 is 1.09 bits per heavy atom. The number of carboxylic acid groups (broad SMARTS) is 1. The van der Waals surface area contributed by atoms with Crippen molar-refractivity contribution < 1.29 is 14.7 Å². The number of anilines is 1. The van der Waals surface area contributed by atoms with Crippen LogP contribution in [0.1, 0.15) is 21.5 Å². The van der Waals surface area contributed by atoms with E-state index in [0.717, 1.165) is 11.3 Å². The van der Waals surface area contributed by atoms with Crippen LogP contribution < -0.4 is 10.4 Å². The molecular formula is C17H16NO3S-. The van der Waals surface area contributed by atoms with E-state index in [4.69, 9.17) is 0 Å². The second-order valence-corrected chi connectivity index (χ2v) is 5.78. The number of thioether (sulfide) groups is 1. The largest absolute Gasteiger partial charge is 0.545 e. The maximum absolute atomic E-state index is 11.9. The Balaban J connectivity index is 1.90. The average Bonchev–Trinajstić information content (AvgIpc) is 2.50. The van der Waals surface area contributed by atoms with Crippen molar-refractivity contribution in [3.63, 3.8) is 0 Å². The number of amides is 1. The van der Waals surface area contributed by atoms with Crippen molar-refractivity contribution in [2.24, 2.45) is 0 Å². The van der Waals surface area contributed by atoms with Gasteiger partial charge in [0.2, 0.25) is 5.91 Å². The minimum Gasteiger partial charge on any atom is -0.545 e. The predicted molar refractivity (Wildman–Crippen MR) is 86.7 cm³/mol. The smallest absolute Gasteiger partial charge is 0.234 e. The van der Waals surface area contributed by atoms with Gasteiger partial charge >= 0.3 is 0 Å². The van der Waals surface area contributed by atoms with Crippen molar-refractivity contribution in [3.05, 3.63) is 65.2 Å². The molecule has 114 valence electrons. The van der Waals surface area contributed by atoms with Crippen molar-refractivity contribution >= 4 is 29.3 Å². The van der Waals surface area contributed by atoms with Gasteiger partial charge in [-0.2, -0.15) is 0 Å². The molecule has 0 saturated carbocycles. The van der Waals surface area contributed by atoms with E-state index in [9.17, 15) is 14.7 Å². The van der Waals surface area contributed by atoms with Gasteiger partial charge in [0.15, 0.2) is 0 Å². The number of hydrogen-bond donors (Lipinski definition) is 1. The van der Waals surface area contributed by atoms with Crippen LogP contribution in [0.5, 0.6) is 0 Å². The molecule has 1 N–H and O–H groups in total. The Bertz CT molecular complexity index is 671. The topological polar surface area (TPSA) is 69.2 Å². The normalized spacial score (nSPS) is 10.2. The van der Waals surface area contributed by atoms with Crippen molar-refractivity contribution in [1.29, 1.82) is 0 Å². The van der Waals surface area contributed by atoms with Crippen LogP contribution in [0.25, 0.3) is 0 Å². The summed E-state index contributed by atoms with van der Waals surface area (Å²) in [5, 5.41) is 13.7. The summed E-state index contributed by atoms with van der Waals surface area (Å²) in [5.74, 6) is -0.331. The molecule has 0 aliphatic heterocycles. The third-order valence-electron chi connectivity index (χ3n) is 3.17. The lowest BCUT2D eigenvalue weighted by Gasteiger charge is -2.13. The van der Waals surface area contributed by atoms with Crippen LogP contribution in [0.15, 0.2) is 48.5 Å². The van der Waals surface area contributed by atoms with E-state index >= 15 is 0 Å². The Labute approximate surface area is 133 Å². The minimum atomic E-state index is -1.24. The lowest BCUT2D eigenvalue weighted by Crippen LogP contribution is -2.24. The van der Waals surface area contributed by atoms with E-state index in [0.29, 0.717) is 17.0 Å². The molecule has 0 atom stereocenters. The molecule has 4 nitrogen and oxygen atoms in total. The maximum Gasteiger partial charge on any atom is 0.234 e. The fourth-order valence-electron chi connectivity index (χ4n) is 2.01. The molecule has 0 aliphatic rings. The monoisotopic (exact) mass is 314 g/mol. The summed E-state index contributed by atoms with van der Waals surface area (Å²) in [5.41, 5.74) is 2.26. The number of carbonyl (C=O) groups excluding carboxylic acids is 2. The summed E-state index contributed by atoms with van der Waals surface area (Å²) in [4.78, 5) is 22.9. The van der Waals surface area contributed by atoms with Crippen LogP contribution in [-0.4, -0.2) is 17.6 Å². The molecule has 0 unspecified atom stereocenters. The first-order valence-electron chi connectivity index (χ1n) is 6.80. The molecule has 2 aromatic rings. The number of aromatic carboxylic acids is 1. The zero-order chi connectivity index (χ0) is 15.9. The molecular weight excluding hydrogens is 298 g/mol.